The molecule has 0 unspecified atom stereocenters. The molecule has 0 aliphatic heterocycles. The summed E-state index contributed by atoms with van der Waals surface area (Å²) in [6, 6.07) is 0.928. The molecule has 1 aromatic rings. The van der Waals surface area contributed by atoms with Gasteiger partial charge in [0.2, 0.25) is 5.88 Å². The number of halogens is 4. The van der Waals surface area contributed by atoms with Gasteiger partial charge in [-0.2, -0.15) is 18.2 Å². The smallest absolute Gasteiger partial charge is 0.421 e. The van der Waals surface area contributed by atoms with Crippen molar-refractivity contribution in [3.63, 3.8) is 0 Å². The van der Waals surface area contributed by atoms with Crippen LogP contribution in [-0.2, 0) is 6.18 Å². The summed E-state index contributed by atoms with van der Waals surface area (Å²) in [6.07, 6.45) is -4.48. The number of anilines is 1. The fourth-order valence-corrected chi connectivity index (χ4v) is 1.52. The van der Waals surface area contributed by atoms with E-state index in [0.29, 0.717) is 5.82 Å². The van der Waals surface area contributed by atoms with Crippen molar-refractivity contribution in [2.24, 2.45) is 0 Å². The van der Waals surface area contributed by atoms with E-state index < -0.39 is 17.6 Å². The number of aromatic nitrogens is 1. The standard InChI is InChI=1S/C8H8BrF3N2O/c1-13-6-5(9)3-4(8(10,11)12)7(14-6)15-2/h3H,1-2H3,(H,13,14). The lowest BCUT2D eigenvalue weighted by molar-refractivity contribution is -0.139. The van der Waals surface area contributed by atoms with Gasteiger partial charge in [-0.1, -0.05) is 0 Å². The van der Waals surface area contributed by atoms with Crippen LogP contribution in [0, 0.1) is 0 Å². The number of pyridine rings is 1. The SMILES string of the molecule is CNc1nc(OC)c(C(F)(F)F)cc1Br. The van der Waals surface area contributed by atoms with E-state index in [1.54, 1.807) is 7.05 Å². The summed E-state index contributed by atoms with van der Waals surface area (Å²) in [6.45, 7) is 0. The molecular weight excluding hydrogens is 277 g/mol. The van der Waals surface area contributed by atoms with Gasteiger partial charge < -0.3 is 10.1 Å². The van der Waals surface area contributed by atoms with Crippen LogP contribution in [0.1, 0.15) is 5.56 Å². The fraction of sp³-hybridized carbons (Fsp3) is 0.375. The molecule has 0 spiro atoms. The molecule has 0 aliphatic rings. The highest BCUT2D eigenvalue weighted by atomic mass is 79.9. The van der Waals surface area contributed by atoms with Crippen LogP contribution in [0.2, 0.25) is 0 Å². The van der Waals surface area contributed by atoms with E-state index in [1.165, 1.54) is 0 Å². The van der Waals surface area contributed by atoms with Gasteiger partial charge in [0.25, 0.3) is 0 Å². The van der Waals surface area contributed by atoms with Crippen molar-refractivity contribution >= 4 is 21.7 Å². The van der Waals surface area contributed by atoms with Crippen LogP contribution in [0.3, 0.4) is 0 Å². The second kappa shape index (κ2) is 4.26. The predicted molar refractivity (Wildman–Crippen MR) is 53.0 cm³/mol. The topological polar surface area (TPSA) is 34.2 Å². The zero-order chi connectivity index (χ0) is 11.6. The first-order chi connectivity index (χ1) is 6.90. The lowest BCUT2D eigenvalue weighted by Gasteiger charge is -2.13. The van der Waals surface area contributed by atoms with Crippen LogP contribution in [-0.4, -0.2) is 19.1 Å². The van der Waals surface area contributed by atoms with Gasteiger partial charge >= 0.3 is 6.18 Å². The third kappa shape index (κ3) is 2.53. The summed E-state index contributed by atoms with van der Waals surface area (Å²) in [5.74, 6) is -0.158. The number of nitrogens with zero attached hydrogens (tertiary/aromatic N) is 1. The lowest BCUT2D eigenvalue weighted by Crippen LogP contribution is -2.10. The lowest BCUT2D eigenvalue weighted by atomic mass is 10.2. The number of alkyl halides is 3. The highest BCUT2D eigenvalue weighted by molar-refractivity contribution is 9.10. The first-order valence-electron chi connectivity index (χ1n) is 3.89. The molecule has 0 bridgehead atoms. The van der Waals surface area contributed by atoms with Gasteiger partial charge in [-0.05, 0) is 22.0 Å². The quantitative estimate of drug-likeness (QED) is 0.907. The van der Waals surface area contributed by atoms with Crippen LogP contribution in [0.5, 0.6) is 5.88 Å². The molecule has 0 fully saturated rings. The minimum absolute atomic E-state index is 0.234. The summed E-state index contributed by atoms with van der Waals surface area (Å²) in [5, 5.41) is 2.64. The van der Waals surface area contributed by atoms with Crippen molar-refractivity contribution in [2.75, 3.05) is 19.5 Å². The molecule has 0 saturated heterocycles. The molecule has 0 atom stereocenters. The van der Waals surface area contributed by atoms with Gasteiger partial charge in [0.1, 0.15) is 11.4 Å². The Morgan fingerprint density at radius 1 is 1.47 bits per heavy atom. The maximum Gasteiger partial charge on any atom is 0.421 e. The van der Waals surface area contributed by atoms with E-state index in [0.717, 1.165) is 13.2 Å². The minimum Gasteiger partial charge on any atom is -0.481 e. The Labute approximate surface area is 92.8 Å². The third-order valence-electron chi connectivity index (χ3n) is 1.68. The monoisotopic (exact) mass is 284 g/mol. The van der Waals surface area contributed by atoms with Gasteiger partial charge in [-0.15, -0.1) is 0 Å². The molecule has 0 aromatic carbocycles. The molecule has 1 N–H and O–H groups in total. The number of nitrogens with one attached hydrogen (secondary N) is 1. The average molecular weight is 285 g/mol. The van der Waals surface area contributed by atoms with Crippen LogP contribution in [0.25, 0.3) is 0 Å². The Hall–Kier alpha value is -0.980. The Balaban J connectivity index is 3.34. The molecule has 1 aromatic heterocycles. The first kappa shape index (κ1) is 12.1. The second-order valence-electron chi connectivity index (χ2n) is 2.62. The van der Waals surface area contributed by atoms with Crippen molar-refractivity contribution in [2.45, 2.75) is 6.18 Å². The van der Waals surface area contributed by atoms with Gasteiger partial charge in [0.05, 0.1) is 11.6 Å². The summed E-state index contributed by atoms with van der Waals surface area (Å²) in [5.41, 5.74) is -0.907. The highest BCUT2D eigenvalue weighted by Crippen LogP contribution is 2.38. The van der Waals surface area contributed by atoms with Gasteiger partial charge in [0, 0.05) is 7.05 Å². The summed E-state index contributed by atoms with van der Waals surface area (Å²) >= 11 is 2.98. The van der Waals surface area contributed by atoms with E-state index in [2.05, 4.69) is 31.0 Å². The molecule has 0 saturated carbocycles. The van der Waals surface area contributed by atoms with Crippen molar-refractivity contribution in [1.82, 2.24) is 4.98 Å². The molecular formula is C8H8BrF3N2O. The van der Waals surface area contributed by atoms with Gasteiger partial charge in [-0.25, -0.2) is 0 Å². The molecule has 84 valence electrons. The maximum absolute atomic E-state index is 12.5. The number of hydrogen-bond acceptors (Lipinski definition) is 3. The zero-order valence-corrected chi connectivity index (χ0v) is 9.53. The second-order valence-corrected chi connectivity index (χ2v) is 3.48. The summed E-state index contributed by atoms with van der Waals surface area (Å²) in [7, 11) is 2.70. The molecule has 3 nitrogen and oxygen atoms in total. The molecule has 0 amide bonds. The van der Waals surface area contributed by atoms with E-state index in [9.17, 15) is 13.2 Å². The Bertz CT molecular complexity index is 368. The molecule has 7 heteroatoms. The van der Waals surface area contributed by atoms with Gasteiger partial charge in [-0.3, -0.25) is 0 Å². The Morgan fingerprint density at radius 2 is 2.07 bits per heavy atom. The van der Waals surface area contributed by atoms with Crippen LogP contribution >= 0.6 is 15.9 Å². The van der Waals surface area contributed by atoms with Crippen molar-refractivity contribution < 1.29 is 17.9 Å². The van der Waals surface area contributed by atoms with Crippen LogP contribution < -0.4 is 10.1 Å². The molecule has 1 rings (SSSR count). The largest absolute Gasteiger partial charge is 0.481 e. The maximum atomic E-state index is 12.5. The van der Waals surface area contributed by atoms with Crippen molar-refractivity contribution in [3.8, 4) is 5.88 Å². The number of hydrogen-bond donors (Lipinski definition) is 1. The Kier molecular flexibility index (Phi) is 3.43. The number of ether oxygens (including phenoxy) is 1. The van der Waals surface area contributed by atoms with Crippen molar-refractivity contribution in [1.29, 1.82) is 0 Å². The minimum atomic E-state index is -4.48. The van der Waals surface area contributed by atoms with E-state index in [4.69, 9.17) is 0 Å². The van der Waals surface area contributed by atoms with Crippen molar-refractivity contribution in [3.05, 3.63) is 16.1 Å². The highest BCUT2D eigenvalue weighted by Gasteiger charge is 2.36. The number of methoxy groups -OCH3 is 1. The predicted octanol–water partition coefficient (Wildman–Crippen LogP) is 2.91. The normalized spacial score (nSPS) is 11.3. The van der Waals surface area contributed by atoms with E-state index in [-0.39, 0.29) is 4.47 Å². The molecule has 15 heavy (non-hydrogen) atoms. The summed E-state index contributed by atoms with van der Waals surface area (Å²) < 4.78 is 42.3. The van der Waals surface area contributed by atoms with Crippen LogP contribution in [0.4, 0.5) is 19.0 Å². The fourth-order valence-electron chi connectivity index (χ4n) is 1.01. The van der Waals surface area contributed by atoms with E-state index >= 15 is 0 Å². The zero-order valence-electron chi connectivity index (χ0n) is 7.94. The average Bonchev–Trinajstić information content (AvgIpc) is 2.16. The molecule has 0 aliphatic carbocycles. The summed E-state index contributed by atoms with van der Waals surface area (Å²) in [4.78, 5) is 3.68. The first-order valence-corrected chi connectivity index (χ1v) is 4.69. The molecule has 0 radical (unpaired) electrons. The third-order valence-corrected chi connectivity index (χ3v) is 2.28. The van der Waals surface area contributed by atoms with E-state index in [1.807, 2.05) is 0 Å². The number of rotatable bonds is 2. The molecule has 1 heterocycles. The van der Waals surface area contributed by atoms with Crippen LogP contribution in [0.15, 0.2) is 10.5 Å². The van der Waals surface area contributed by atoms with Gasteiger partial charge in [0.15, 0.2) is 0 Å². The Morgan fingerprint density at radius 3 is 2.47 bits per heavy atom.